The lowest BCUT2D eigenvalue weighted by molar-refractivity contribution is 0.360. The lowest BCUT2D eigenvalue weighted by atomic mass is 10.0. The molecule has 2 atom stereocenters. The van der Waals surface area contributed by atoms with Gasteiger partial charge in [-0.2, -0.15) is 0 Å². The van der Waals surface area contributed by atoms with Crippen molar-refractivity contribution in [3.05, 3.63) is 34.9 Å². The predicted molar refractivity (Wildman–Crippen MR) is 42.5 cm³/mol. The Balaban J connectivity index is 2.24. The quantitative estimate of drug-likeness (QED) is 0.510. The topological polar surface area (TPSA) is 12.5 Å². The Labute approximate surface area is 66.0 Å². The van der Waals surface area contributed by atoms with E-state index in [4.69, 9.17) is 4.74 Å². The van der Waals surface area contributed by atoms with Crippen LogP contribution in [-0.4, -0.2) is 6.10 Å². The molecule has 11 heavy (non-hydrogen) atoms. The summed E-state index contributed by atoms with van der Waals surface area (Å²) >= 11 is 0. The predicted octanol–water partition coefficient (Wildman–Crippen LogP) is 1.99. The fourth-order valence-corrected chi connectivity index (χ4v) is 2.04. The van der Waals surface area contributed by atoms with Gasteiger partial charge in [0.1, 0.15) is 6.10 Å². The third-order valence-corrected chi connectivity index (χ3v) is 2.74. The minimum atomic E-state index is 0.463. The zero-order chi connectivity index (χ0) is 7.42. The molecule has 1 heterocycles. The maximum atomic E-state index is 5.43. The third kappa shape index (κ3) is 0.641. The van der Waals surface area contributed by atoms with E-state index in [1.54, 1.807) is 0 Å². The Bertz CT molecular complexity index is 317. The van der Waals surface area contributed by atoms with Crippen molar-refractivity contribution in [3.63, 3.8) is 0 Å². The normalized spacial score (nSPS) is 31.4. The minimum Gasteiger partial charge on any atom is -0.364 e. The SMILES string of the molecule is Cc1cccc2c1CC1OC21. The van der Waals surface area contributed by atoms with E-state index in [0.717, 1.165) is 6.42 Å². The fraction of sp³-hybridized carbons (Fsp3) is 0.400. The summed E-state index contributed by atoms with van der Waals surface area (Å²) < 4.78 is 5.43. The standard InChI is InChI=1S/C10H10O/c1-6-3-2-4-7-8(6)5-9-10(7)11-9/h2-4,9-10H,5H2,1H3. The molecule has 0 aromatic heterocycles. The van der Waals surface area contributed by atoms with Gasteiger partial charge in [0.15, 0.2) is 0 Å². The molecule has 56 valence electrons. The van der Waals surface area contributed by atoms with Gasteiger partial charge in [0.2, 0.25) is 0 Å². The van der Waals surface area contributed by atoms with Gasteiger partial charge in [-0.3, -0.25) is 0 Å². The Kier molecular flexibility index (Phi) is 0.878. The highest BCUT2D eigenvalue weighted by atomic mass is 16.6. The second-order valence-electron chi connectivity index (χ2n) is 3.44. The van der Waals surface area contributed by atoms with E-state index in [1.165, 1.54) is 16.7 Å². The highest BCUT2D eigenvalue weighted by Gasteiger charge is 2.47. The minimum absolute atomic E-state index is 0.463. The molecule has 1 aliphatic carbocycles. The fourth-order valence-electron chi connectivity index (χ4n) is 2.04. The molecule has 0 bridgehead atoms. The molecule has 0 N–H and O–H groups in total. The van der Waals surface area contributed by atoms with Crippen molar-refractivity contribution in [2.45, 2.75) is 25.6 Å². The van der Waals surface area contributed by atoms with Gasteiger partial charge < -0.3 is 4.74 Å². The average Bonchev–Trinajstić information content (AvgIpc) is 2.67. The summed E-state index contributed by atoms with van der Waals surface area (Å²) in [6.45, 7) is 2.18. The maximum absolute atomic E-state index is 5.43. The van der Waals surface area contributed by atoms with Crippen LogP contribution in [0, 0.1) is 6.92 Å². The summed E-state index contributed by atoms with van der Waals surface area (Å²) in [6.07, 6.45) is 2.14. The highest BCUT2D eigenvalue weighted by molar-refractivity contribution is 5.43. The van der Waals surface area contributed by atoms with E-state index in [1.807, 2.05) is 0 Å². The molecule has 0 radical (unpaired) electrons. The maximum Gasteiger partial charge on any atom is 0.110 e. The molecule has 2 aliphatic rings. The molecule has 1 saturated heterocycles. The van der Waals surface area contributed by atoms with Gasteiger partial charge in [0.05, 0.1) is 6.10 Å². The second kappa shape index (κ2) is 1.67. The lowest BCUT2D eigenvalue weighted by Crippen LogP contribution is -1.92. The number of ether oxygens (including phenoxy) is 1. The molecule has 0 spiro atoms. The van der Waals surface area contributed by atoms with Crippen LogP contribution in [0.4, 0.5) is 0 Å². The van der Waals surface area contributed by atoms with Crippen LogP contribution in [0.3, 0.4) is 0 Å². The summed E-state index contributed by atoms with van der Waals surface area (Å²) in [5, 5.41) is 0. The van der Waals surface area contributed by atoms with Crippen LogP contribution in [0.15, 0.2) is 18.2 Å². The van der Waals surface area contributed by atoms with Crippen LogP contribution in [0.25, 0.3) is 0 Å². The van der Waals surface area contributed by atoms with Gasteiger partial charge in [0, 0.05) is 6.42 Å². The molecule has 3 rings (SSSR count). The second-order valence-corrected chi connectivity index (χ2v) is 3.44. The van der Waals surface area contributed by atoms with Crippen LogP contribution in [0.1, 0.15) is 22.8 Å². The number of rotatable bonds is 0. The Morgan fingerprint density at radius 2 is 2.36 bits per heavy atom. The Morgan fingerprint density at radius 1 is 1.45 bits per heavy atom. The van der Waals surface area contributed by atoms with Crippen LogP contribution >= 0.6 is 0 Å². The van der Waals surface area contributed by atoms with Crippen LogP contribution in [-0.2, 0) is 11.2 Å². The molecule has 1 aromatic carbocycles. The zero-order valence-electron chi connectivity index (χ0n) is 6.50. The number of aryl methyl sites for hydroxylation is 1. The number of hydrogen-bond donors (Lipinski definition) is 0. The van der Waals surface area contributed by atoms with E-state index in [-0.39, 0.29) is 0 Å². The molecule has 0 amide bonds. The van der Waals surface area contributed by atoms with Crippen molar-refractivity contribution in [1.82, 2.24) is 0 Å². The van der Waals surface area contributed by atoms with E-state index in [9.17, 15) is 0 Å². The third-order valence-electron chi connectivity index (χ3n) is 2.74. The average molecular weight is 146 g/mol. The van der Waals surface area contributed by atoms with E-state index in [2.05, 4.69) is 25.1 Å². The molecule has 1 heteroatoms. The molecular formula is C10H10O. The van der Waals surface area contributed by atoms with Gasteiger partial charge in [-0.25, -0.2) is 0 Å². The number of epoxide rings is 1. The molecule has 1 fully saturated rings. The summed E-state index contributed by atoms with van der Waals surface area (Å²) in [5.74, 6) is 0. The zero-order valence-corrected chi connectivity index (χ0v) is 6.50. The number of benzene rings is 1. The molecular weight excluding hydrogens is 136 g/mol. The summed E-state index contributed by atoms with van der Waals surface area (Å²) in [7, 11) is 0. The highest BCUT2D eigenvalue weighted by Crippen LogP contribution is 2.49. The van der Waals surface area contributed by atoms with E-state index < -0.39 is 0 Å². The van der Waals surface area contributed by atoms with Gasteiger partial charge in [-0.1, -0.05) is 18.2 Å². The van der Waals surface area contributed by atoms with Crippen molar-refractivity contribution >= 4 is 0 Å². The largest absolute Gasteiger partial charge is 0.364 e. The number of fused-ring (bicyclic) bond motifs is 3. The first kappa shape index (κ1) is 5.78. The molecule has 2 unspecified atom stereocenters. The summed E-state index contributed by atoms with van der Waals surface area (Å²) in [5.41, 5.74) is 4.40. The smallest absolute Gasteiger partial charge is 0.110 e. The lowest BCUT2D eigenvalue weighted by Gasteiger charge is -2.04. The first-order valence-electron chi connectivity index (χ1n) is 4.10. The van der Waals surface area contributed by atoms with E-state index in [0.29, 0.717) is 12.2 Å². The first-order chi connectivity index (χ1) is 5.36. The van der Waals surface area contributed by atoms with Crippen LogP contribution in [0.5, 0.6) is 0 Å². The van der Waals surface area contributed by atoms with Gasteiger partial charge in [-0.05, 0) is 23.6 Å². The number of hydrogen-bond acceptors (Lipinski definition) is 1. The van der Waals surface area contributed by atoms with Crippen LogP contribution in [0.2, 0.25) is 0 Å². The first-order valence-corrected chi connectivity index (χ1v) is 4.10. The van der Waals surface area contributed by atoms with Gasteiger partial charge >= 0.3 is 0 Å². The van der Waals surface area contributed by atoms with Gasteiger partial charge in [0.25, 0.3) is 0 Å². The van der Waals surface area contributed by atoms with Crippen molar-refractivity contribution in [3.8, 4) is 0 Å². The molecule has 1 aromatic rings. The van der Waals surface area contributed by atoms with Crippen molar-refractivity contribution in [2.24, 2.45) is 0 Å². The van der Waals surface area contributed by atoms with Gasteiger partial charge in [-0.15, -0.1) is 0 Å². The Morgan fingerprint density at radius 3 is 3.18 bits per heavy atom. The van der Waals surface area contributed by atoms with E-state index >= 15 is 0 Å². The van der Waals surface area contributed by atoms with Crippen molar-refractivity contribution in [2.75, 3.05) is 0 Å². The summed E-state index contributed by atoms with van der Waals surface area (Å²) in [6, 6.07) is 6.50. The van der Waals surface area contributed by atoms with Crippen LogP contribution < -0.4 is 0 Å². The molecule has 0 saturated carbocycles. The molecule has 1 aliphatic heterocycles. The monoisotopic (exact) mass is 146 g/mol. The van der Waals surface area contributed by atoms with Crippen molar-refractivity contribution in [1.29, 1.82) is 0 Å². The molecule has 1 nitrogen and oxygen atoms in total. The Hall–Kier alpha value is -0.820. The van der Waals surface area contributed by atoms with Crippen molar-refractivity contribution < 1.29 is 4.74 Å². The summed E-state index contributed by atoms with van der Waals surface area (Å²) in [4.78, 5) is 0.